The lowest BCUT2D eigenvalue weighted by Gasteiger charge is -2.23. The van der Waals surface area contributed by atoms with Gasteiger partial charge in [-0.1, -0.05) is 25.7 Å². The molecule has 0 bridgehead atoms. The Morgan fingerprint density at radius 1 is 1.38 bits per heavy atom. The van der Waals surface area contributed by atoms with Crippen molar-refractivity contribution in [3.05, 3.63) is 18.4 Å². The van der Waals surface area contributed by atoms with Gasteiger partial charge in [0, 0.05) is 6.04 Å². The minimum Gasteiger partial charge on any atom is -0.447 e. The fraction of sp³-hybridized carbons (Fsp3) is 0.769. The van der Waals surface area contributed by atoms with Crippen molar-refractivity contribution in [2.75, 3.05) is 0 Å². The predicted molar refractivity (Wildman–Crippen MR) is 64.0 cm³/mol. The standard InChI is InChI=1S/C13H22N2O/c1-11(12-6-4-2-3-5-7-12)15-9-13-8-14-10-16-13/h8,10-12,15H,2-7,9H2,1H3/t11-/m0/s1. The van der Waals surface area contributed by atoms with E-state index in [1.165, 1.54) is 44.9 Å². The molecule has 16 heavy (non-hydrogen) atoms. The largest absolute Gasteiger partial charge is 0.447 e. The molecule has 0 radical (unpaired) electrons. The van der Waals surface area contributed by atoms with Crippen molar-refractivity contribution in [2.45, 2.75) is 58.0 Å². The molecular weight excluding hydrogens is 200 g/mol. The maximum atomic E-state index is 5.22. The van der Waals surface area contributed by atoms with E-state index in [0.29, 0.717) is 6.04 Å². The van der Waals surface area contributed by atoms with Gasteiger partial charge in [0.05, 0.1) is 12.7 Å². The maximum absolute atomic E-state index is 5.22. The summed E-state index contributed by atoms with van der Waals surface area (Å²) >= 11 is 0. The molecule has 2 rings (SSSR count). The second kappa shape index (κ2) is 6.04. The molecule has 0 saturated heterocycles. The first-order valence-corrected chi connectivity index (χ1v) is 6.47. The van der Waals surface area contributed by atoms with E-state index in [1.54, 1.807) is 6.20 Å². The average molecular weight is 222 g/mol. The molecule has 0 spiro atoms. The summed E-state index contributed by atoms with van der Waals surface area (Å²) in [6.45, 7) is 3.10. The molecule has 0 aromatic carbocycles. The number of aromatic nitrogens is 1. The molecule has 90 valence electrons. The molecular formula is C13H22N2O. The number of rotatable bonds is 4. The second-order valence-electron chi connectivity index (χ2n) is 4.89. The van der Waals surface area contributed by atoms with Crippen LogP contribution in [0.1, 0.15) is 51.2 Å². The van der Waals surface area contributed by atoms with Crippen LogP contribution in [0, 0.1) is 5.92 Å². The Kier molecular flexibility index (Phi) is 4.40. The Bertz CT molecular complexity index is 276. The van der Waals surface area contributed by atoms with Crippen LogP contribution in [0.15, 0.2) is 17.0 Å². The summed E-state index contributed by atoms with van der Waals surface area (Å²) in [7, 11) is 0. The molecule has 1 heterocycles. The smallest absolute Gasteiger partial charge is 0.180 e. The van der Waals surface area contributed by atoms with Crippen molar-refractivity contribution in [2.24, 2.45) is 5.92 Å². The van der Waals surface area contributed by atoms with Crippen molar-refractivity contribution in [3.63, 3.8) is 0 Å². The third-order valence-electron chi connectivity index (χ3n) is 3.69. The topological polar surface area (TPSA) is 38.1 Å². The molecule has 1 N–H and O–H groups in total. The second-order valence-corrected chi connectivity index (χ2v) is 4.89. The first kappa shape index (κ1) is 11.6. The Hall–Kier alpha value is -0.830. The highest BCUT2D eigenvalue weighted by atomic mass is 16.3. The van der Waals surface area contributed by atoms with Gasteiger partial charge in [0.15, 0.2) is 6.39 Å². The Balaban J connectivity index is 1.75. The summed E-state index contributed by atoms with van der Waals surface area (Å²) in [5.74, 6) is 1.77. The first-order chi connectivity index (χ1) is 7.86. The summed E-state index contributed by atoms with van der Waals surface area (Å²) in [5, 5.41) is 3.55. The van der Waals surface area contributed by atoms with Gasteiger partial charge in [-0.2, -0.15) is 0 Å². The minimum atomic E-state index is 0.586. The van der Waals surface area contributed by atoms with Gasteiger partial charge in [0.1, 0.15) is 5.76 Å². The average Bonchev–Trinajstić information content (AvgIpc) is 2.66. The normalized spacial score (nSPS) is 20.6. The molecule has 1 aromatic rings. The van der Waals surface area contributed by atoms with Crippen molar-refractivity contribution in [1.29, 1.82) is 0 Å². The molecule has 0 amide bonds. The van der Waals surface area contributed by atoms with E-state index in [0.717, 1.165) is 18.2 Å². The van der Waals surface area contributed by atoms with Crippen LogP contribution in [0.3, 0.4) is 0 Å². The van der Waals surface area contributed by atoms with Crippen molar-refractivity contribution >= 4 is 0 Å². The van der Waals surface area contributed by atoms with E-state index in [2.05, 4.69) is 17.2 Å². The lowest BCUT2D eigenvalue weighted by molar-refractivity contribution is 0.326. The first-order valence-electron chi connectivity index (χ1n) is 6.47. The Morgan fingerprint density at radius 2 is 2.12 bits per heavy atom. The third kappa shape index (κ3) is 3.34. The van der Waals surface area contributed by atoms with Crippen LogP contribution in [0.25, 0.3) is 0 Å². The van der Waals surface area contributed by atoms with Crippen LogP contribution in [0.4, 0.5) is 0 Å². The van der Waals surface area contributed by atoms with Crippen LogP contribution in [-0.2, 0) is 6.54 Å². The quantitative estimate of drug-likeness (QED) is 0.795. The third-order valence-corrected chi connectivity index (χ3v) is 3.69. The van der Waals surface area contributed by atoms with Gasteiger partial charge in [-0.05, 0) is 25.7 Å². The molecule has 1 aliphatic carbocycles. The van der Waals surface area contributed by atoms with Crippen LogP contribution >= 0.6 is 0 Å². The zero-order chi connectivity index (χ0) is 11.2. The van der Waals surface area contributed by atoms with Gasteiger partial charge in [-0.25, -0.2) is 4.98 Å². The summed E-state index contributed by atoms with van der Waals surface area (Å²) in [4.78, 5) is 3.92. The number of hydrogen-bond acceptors (Lipinski definition) is 3. The summed E-state index contributed by atoms with van der Waals surface area (Å²) in [6, 6.07) is 0.586. The SMILES string of the molecule is C[C@H](NCc1cnco1)C1CCCCCC1. The fourth-order valence-corrected chi connectivity index (χ4v) is 2.57. The molecule has 1 aliphatic rings. The van der Waals surface area contributed by atoms with E-state index in [1.807, 2.05) is 0 Å². The van der Waals surface area contributed by atoms with Crippen LogP contribution in [0.2, 0.25) is 0 Å². The molecule has 1 aromatic heterocycles. The zero-order valence-corrected chi connectivity index (χ0v) is 10.1. The van der Waals surface area contributed by atoms with Crippen LogP contribution in [0.5, 0.6) is 0 Å². The van der Waals surface area contributed by atoms with Gasteiger partial charge in [-0.3, -0.25) is 0 Å². The van der Waals surface area contributed by atoms with Crippen molar-refractivity contribution < 1.29 is 4.42 Å². The van der Waals surface area contributed by atoms with Gasteiger partial charge in [0.2, 0.25) is 0 Å². The number of nitrogens with zero attached hydrogens (tertiary/aromatic N) is 1. The lowest BCUT2D eigenvalue weighted by atomic mass is 9.93. The molecule has 1 atom stereocenters. The molecule has 3 nitrogen and oxygen atoms in total. The molecule has 1 fully saturated rings. The summed E-state index contributed by atoms with van der Waals surface area (Å²) in [5.41, 5.74) is 0. The van der Waals surface area contributed by atoms with Gasteiger partial charge in [-0.15, -0.1) is 0 Å². The number of nitrogens with one attached hydrogen (secondary N) is 1. The van der Waals surface area contributed by atoms with Gasteiger partial charge < -0.3 is 9.73 Å². The zero-order valence-electron chi connectivity index (χ0n) is 10.1. The lowest BCUT2D eigenvalue weighted by Crippen LogP contribution is -2.32. The van der Waals surface area contributed by atoms with E-state index in [-0.39, 0.29) is 0 Å². The maximum Gasteiger partial charge on any atom is 0.180 e. The van der Waals surface area contributed by atoms with E-state index in [9.17, 15) is 0 Å². The molecule has 0 aliphatic heterocycles. The predicted octanol–water partition coefficient (Wildman–Crippen LogP) is 3.12. The number of oxazole rings is 1. The Labute approximate surface area is 97.6 Å². The highest BCUT2D eigenvalue weighted by Gasteiger charge is 2.18. The van der Waals surface area contributed by atoms with Crippen LogP contribution in [-0.4, -0.2) is 11.0 Å². The van der Waals surface area contributed by atoms with Gasteiger partial charge in [0.25, 0.3) is 0 Å². The van der Waals surface area contributed by atoms with Crippen molar-refractivity contribution in [1.82, 2.24) is 10.3 Å². The van der Waals surface area contributed by atoms with E-state index >= 15 is 0 Å². The highest BCUT2D eigenvalue weighted by Crippen LogP contribution is 2.25. The summed E-state index contributed by atoms with van der Waals surface area (Å²) in [6.07, 6.45) is 11.7. The Morgan fingerprint density at radius 3 is 2.75 bits per heavy atom. The highest BCUT2D eigenvalue weighted by molar-refractivity contribution is 4.88. The molecule has 3 heteroatoms. The summed E-state index contributed by atoms with van der Waals surface area (Å²) < 4.78 is 5.22. The van der Waals surface area contributed by atoms with Crippen LogP contribution < -0.4 is 5.32 Å². The molecule has 0 unspecified atom stereocenters. The fourth-order valence-electron chi connectivity index (χ4n) is 2.57. The number of hydrogen-bond donors (Lipinski definition) is 1. The monoisotopic (exact) mass is 222 g/mol. The van der Waals surface area contributed by atoms with E-state index < -0.39 is 0 Å². The van der Waals surface area contributed by atoms with Gasteiger partial charge >= 0.3 is 0 Å². The van der Waals surface area contributed by atoms with Crippen molar-refractivity contribution in [3.8, 4) is 0 Å². The molecule has 1 saturated carbocycles. The van der Waals surface area contributed by atoms with E-state index in [4.69, 9.17) is 4.42 Å². The minimum absolute atomic E-state index is 0.586.